The third-order valence-electron chi connectivity index (χ3n) is 3.79. The van der Waals surface area contributed by atoms with E-state index in [-0.39, 0.29) is 5.41 Å². The van der Waals surface area contributed by atoms with Crippen LogP contribution in [0.15, 0.2) is 10.3 Å². The molecule has 0 aliphatic carbocycles. The molecule has 0 unspecified atom stereocenters. The Hall–Kier alpha value is -0.430. The fourth-order valence-electron chi connectivity index (χ4n) is 2.82. The highest BCUT2D eigenvalue weighted by atomic mass is 32.2. The van der Waals surface area contributed by atoms with Gasteiger partial charge in [0.1, 0.15) is 4.90 Å². The van der Waals surface area contributed by atoms with E-state index in [1.807, 2.05) is 19.4 Å². The molecule has 1 aromatic rings. The van der Waals surface area contributed by atoms with Crippen LogP contribution in [0, 0.1) is 12.3 Å². The summed E-state index contributed by atoms with van der Waals surface area (Å²) in [4.78, 5) is 1.43. The Morgan fingerprint density at radius 3 is 2.75 bits per heavy atom. The van der Waals surface area contributed by atoms with Crippen molar-refractivity contribution in [2.24, 2.45) is 5.41 Å². The molecule has 0 spiro atoms. The molecule has 2 heterocycles. The van der Waals surface area contributed by atoms with E-state index in [2.05, 4.69) is 19.2 Å². The first-order valence-corrected chi connectivity index (χ1v) is 9.31. The minimum atomic E-state index is -3.37. The Labute approximate surface area is 126 Å². The van der Waals surface area contributed by atoms with Crippen molar-refractivity contribution in [3.63, 3.8) is 0 Å². The molecular weight excluding hydrogens is 292 g/mol. The molecule has 20 heavy (non-hydrogen) atoms. The molecule has 1 aliphatic rings. The van der Waals surface area contributed by atoms with Gasteiger partial charge in [0.15, 0.2) is 0 Å². The number of thiophene rings is 1. The Balaban J connectivity index is 2.37. The molecular formula is C14H24N2O2S2. The molecule has 0 bridgehead atoms. The van der Waals surface area contributed by atoms with Gasteiger partial charge in [0, 0.05) is 24.5 Å². The molecule has 1 N–H and O–H groups in total. The summed E-state index contributed by atoms with van der Waals surface area (Å²) in [7, 11) is -1.53. The number of hydrogen-bond donors (Lipinski definition) is 1. The van der Waals surface area contributed by atoms with Gasteiger partial charge in [-0.05, 0) is 43.2 Å². The van der Waals surface area contributed by atoms with Crippen LogP contribution in [0.5, 0.6) is 0 Å². The highest BCUT2D eigenvalue weighted by Crippen LogP contribution is 2.35. The summed E-state index contributed by atoms with van der Waals surface area (Å²) in [6, 6.07) is 0. The molecule has 1 saturated heterocycles. The highest BCUT2D eigenvalue weighted by molar-refractivity contribution is 7.89. The molecule has 114 valence electrons. The van der Waals surface area contributed by atoms with Crippen LogP contribution < -0.4 is 5.32 Å². The second kappa shape index (κ2) is 5.75. The van der Waals surface area contributed by atoms with Crippen molar-refractivity contribution in [1.82, 2.24) is 9.62 Å². The predicted molar refractivity (Wildman–Crippen MR) is 83.6 cm³/mol. The molecule has 1 fully saturated rings. The number of sulfonamides is 1. The maximum atomic E-state index is 13.0. The topological polar surface area (TPSA) is 49.4 Å². The summed E-state index contributed by atoms with van der Waals surface area (Å²) in [6.07, 6.45) is 2.03. The standard InChI is InChI=1S/C14H24N2O2S2/c1-11-9-19-12(8-15-4)13(11)20(17,18)16-7-5-6-14(2,3)10-16/h9,15H,5-8,10H2,1-4H3. The Bertz CT molecular complexity index is 576. The lowest BCUT2D eigenvalue weighted by Gasteiger charge is -2.37. The highest BCUT2D eigenvalue weighted by Gasteiger charge is 2.36. The Kier molecular flexibility index (Phi) is 4.59. The van der Waals surface area contributed by atoms with Crippen molar-refractivity contribution in [1.29, 1.82) is 0 Å². The summed E-state index contributed by atoms with van der Waals surface area (Å²) in [5, 5.41) is 5.00. The Morgan fingerprint density at radius 1 is 1.45 bits per heavy atom. The van der Waals surface area contributed by atoms with Gasteiger partial charge in [-0.1, -0.05) is 13.8 Å². The first-order chi connectivity index (χ1) is 9.28. The summed E-state index contributed by atoms with van der Waals surface area (Å²) in [5.41, 5.74) is 0.932. The van der Waals surface area contributed by atoms with Crippen LogP contribution in [0.2, 0.25) is 0 Å². The second-order valence-electron chi connectivity index (χ2n) is 6.31. The lowest BCUT2D eigenvalue weighted by molar-refractivity contribution is 0.187. The molecule has 0 radical (unpaired) electrons. The van der Waals surface area contributed by atoms with Gasteiger partial charge in [0.2, 0.25) is 10.0 Å². The molecule has 0 saturated carbocycles. The van der Waals surface area contributed by atoms with Crippen LogP contribution in [0.4, 0.5) is 0 Å². The number of hydrogen-bond acceptors (Lipinski definition) is 4. The van der Waals surface area contributed by atoms with Crippen molar-refractivity contribution in [3.8, 4) is 0 Å². The van der Waals surface area contributed by atoms with E-state index < -0.39 is 10.0 Å². The summed E-state index contributed by atoms with van der Waals surface area (Å²) < 4.78 is 27.6. The lowest BCUT2D eigenvalue weighted by Crippen LogP contribution is -2.43. The summed E-state index contributed by atoms with van der Waals surface area (Å²) >= 11 is 1.52. The second-order valence-corrected chi connectivity index (χ2v) is 9.15. The van der Waals surface area contributed by atoms with Crippen molar-refractivity contribution in [3.05, 3.63) is 15.8 Å². The molecule has 1 aliphatic heterocycles. The van der Waals surface area contributed by atoms with Crippen LogP contribution in [0.25, 0.3) is 0 Å². The van der Waals surface area contributed by atoms with Crippen LogP contribution in [0.1, 0.15) is 37.1 Å². The number of nitrogens with one attached hydrogen (secondary N) is 1. The van der Waals surface area contributed by atoms with Gasteiger partial charge >= 0.3 is 0 Å². The molecule has 6 heteroatoms. The van der Waals surface area contributed by atoms with E-state index in [0.717, 1.165) is 23.3 Å². The normalized spacial score (nSPS) is 20.2. The van der Waals surface area contributed by atoms with Crippen LogP contribution in [0.3, 0.4) is 0 Å². The number of piperidine rings is 1. The van der Waals surface area contributed by atoms with E-state index in [9.17, 15) is 8.42 Å². The molecule has 0 atom stereocenters. The van der Waals surface area contributed by atoms with Gasteiger partial charge < -0.3 is 5.32 Å². The van der Waals surface area contributed by atoms with E-state index in [0.29, 0.717) is 24.5 Å². The van der Waals surface area contributed by atoms with Gasteiger partial charge in [-0.25, -0.2) is 8.42 Å². The molecule has 0 amide bonds. The van der Waals surface area contributed by atoms with Gasteiger partial charge in [-0.15, -0.1) is 11.3 Å². The summed E-state index contributed by atoms with van der Waals surface area (Å²) in [6.45, 7) is 8.03. The number of rotatable bonds is 4. The Morgan fingerprint density at radius 2 is 2.15 bits per heavy atom. The van der Waals surface area contributed by atoms with Crippen LogP contribution in [-0.4, -0.2) is 32.9 Å². The maximum absolute atomic E-state index is 13.0. The lowest BCUT2D eigenvalue weighted by atomic mass is 9.85. The van der Waals surface area contributed by atoms with Crippen molar-refractivity contribution < 1.29 is 8.42 Å². The minimum absolute atomic E-state index is 0.0679. The average molecular weight is 316 g/mol. The SMILES string of the molecule is CNCc1scc(C)c1S(=O)(=O)N1CCCC(C)(C)C1. The largest absolute Gasteiger partial charge is 0.315 e. The number of nitrogens with zero attached hydrogens (tertiary/aromatic N) is 1. The maximum Gasteiger partial charge on any atom is 0.244 e. The predicted octanol–water partition coefficient (Wildman–Crippen LogP) is 2.59. The zero-order chi connectivity index (χ0) is 15.0. The summed E-state index contributed by atoms with van der Waals surface area (Å²) in [5.74, 6) is 0. The van der Waals surface area contributed by atoms with E-state index >= 15 is 0 Å². The smallest absolute Gasteiger partial charge is 0.244 e. The third-order valence-corrected chi connectivity index (χ3v) is 7.10. The first kappa shape index (κ1) is 15.9. The molecule has 4 nitrogen and oxygen atoms in total. The van der Waals surface area contributed by atoms with Crippen LogP contribution >= 0.6 is 11.3 Å². The minimum Gasteiger partial charge on any atom is -0.315 e. The van der Waals surface area contributed by atoms with Gasteiger partial charge in [-0.2, -0.15) is 4.31 Å². The van der Waals surface area contributed by atoms with Gasteiger partial charge in [0.05, 0.1) is 0 Å². The fraction of sp³-hybridized carbons (Fsp3) is 0.714. The first-order valence-electron chi connectivity index (χ1n) is 7.00. The quantitative estimate of drug-likeness (QED) is 0.929. The van der Waals surface area contributed by atoms with E-state index in [4.69, 9.17) is 0 Å². The molecule has 0 aromatic carbocycles. The third kappa shape index (κ3) is 3.08. The van der Waals surface area contributed by atoms with Gasteiger partial charge in [-0.3, -0.25) is 0 Å². The van der Waals surface area contributed by atoms with Crippen molar-refractivity contribution in [2.75, 3.05) is 20.1 Å². The van der Waals surface area contributed by atoms with Gasteiger partial charge in [0.25, 0.3) is 0 Å². The van der Waals surface area contributed by atoms with E-state index in [1.54, 1.807) is 4.31 Å². The zero-order valence-electron chi connectivity index (χ0n) is 12.7. The van der Waals surface area contributed by atoms with E-state index in [1.165, 1.54) is 11.3 Å². The monoisotopic (exact) mass is 316 g/mol. The molecule has 1 aromatic heterocycles. The van der Waals surface area contributed by atoms with Crippen LogP contribution in [-0.2, 0) is 16.6 Å². The fourth-order valence-corrected chi connectivity index (χ4v) is 6.26. The zero-order valence-corrected chi connectivity index (χ0v) is 14.3. The van der Waals surface area contributed by atoms with Crippen molar-refractivity contribution in [2.45, 2.75) is 45.1 Å². The number of aryl methyl sites for hydroxylation is 1. The van der Waals surface area contributed by atoms with Crippen molar-refractivity contribution >= 4 is 21.4 Å². The molecule has 2 rings (SSSR count). The average Bonchev–Trinajstić information content (AvgIpc) is 2.70.